The summed E-state index contributed by atoms with van der Waals surface area (Å²) < 4.78 is 14.9. The minimum absolute atomic E-state index is 0.263. The maximum absolute atomic E-state index is 11.6. The Bertz CT molecular complexity index is 483. The fourth-order valence-corrected chi connectivity index (χ4v) is 1.91. The van der Waals surface area contributed by atoms with Crippen molar-refractivity contribution >= 4 is 11.9 Å². The number of hydrogen-bond acceptors (Lipinski definition) is 5. The summed E-state index contributed by atoms with van der Waals surface area (Å²) in [6.45, 7) is 0. The Balaban J connectivity index is 2.93. The van der Waals surface area contributed by atoms with Crippen molar-refractivity contribution in [3.63, 3.8) is 0 Å². The second kappa shape index (κ2) is 7.37. The first-order valence-electron chi connectivity index (χ1n) is 6.02. The minimum atomic E-state index is -1.04. The normalized spacial score (nSPS) is 11.6. The number of ether oxygens (including phenoxy) is 3. The maximum Gasteiger partial charge on any atom is 0.309 e. The van der Waals surface area contributed by atoms with Crippen molar-refractivity contribution in [1.29, 1.82) is 0 Å². The van der Waals surface area contributed by atoms with E-state index in [0.29, 0.717) is 11.5 Å². The van der Waals surface area contributed by atoms with Gasteiger partial charge in [0.1, 0.15) is 0 Å². The van der Waals surface area contributed by atoms with Crippen LogP contribution in [0.15, 0.2) is 18.2 Å². The van der Waals surface area contributed by atoms with E-state index in [1.54, 1.807) is 18.2 Å². The summed E-state index contributed by atoms with van der Waals surface area (Å²) in [6.07, 6.45) is -0.0135. The summed E-state index contributed by atoms with van der Waals surface area (Å²) in [5.74, 6) is -1.20. The van der Waals surface area contributed by atoms with E-state index in [0.717, 1.165) is 5.56 Å². The first kappa shape index (κ1) is 15.8. The molecule has 0 heterocycles. The third-order valence-electron chi connectivity index (χ3n) is 2.89. The Morgan fingerprint density at radius 2 is 1.80 bits per heavy atom. The van der Waals surface area contributed by atoms with Gasteiger partial charge in [0.25, 0.3) is 0 Å². The zero-order valence-electron chi connectivity index (χ0n) is 11.7. The number of aliphatic carboxylic acids is 1. The zero-order chi connectivity index (χ0) is 15.1. The molecule has 0 spiro atoms. The molecule has 6 nitrogen and oxygen atoms in total. The highest BCUT2D eigenvalue weighted by atomic mass is 16.5. The molecule has 20 heavy (non-hydrogen) atoms. The molecule has 1 aromatic carbocycles. The molecular weight excluding hydrogens is 264 g/mol. The Kier molecular flexibility index (Phi) is 5.83. The molecule has 110 valence electrons. The minimum Gasteiger partial charge on any atom is -0.493 e. The third-order valence-corrected chi connectivity index (χ3v) is 2.89. The first-order chi connectivity index (χ1) is 9.51. The second-order valence-electron chi connectivity index (χ2n) is 4.21. The smallest absolute Gasteiger partial charge is 0.309 e. The van der Waals surface area contributed by atoms with Gasteiger partial charge >= 0.3 is 11.9 Å². The average Bonchev–Trinajstić information content (AvgIpc) is 2.45. The molecular formula is C14H18O6. The second-order valence-corrected chi connectivity index (χ2v) is 4.21. The van der Waals surface area contributed by atoms with E-state index in [-0.39, 0.29) is 12.8 Å². The van der Waals surface area contributed by atoms with Crippen LogP contribution in [-0.2, 0) is 20.7 Å². The number of carbonyl (C=O) groups excluding carboxylic acids is 1. The summed E-state index contributed by atoms with van der Waals surface area (Å²) in [5, 5.41) is 8.84. The molecule has 0 saturated carbocycles. The van der Waals surface area contributed by atoms with Crippen molar-refractivity contribution in [2.24, 2.45) is 5.92 Å². The number of carboxylic acid groups (broad SMARTS) is 1. The predicted octanol–water partition coefficient (Wildman–Crippen LogP) is 1.51. The van der Waals surface area contributed by atoms with Crippen LogP contribution in [0.3, 0.4) is 0 Å². The van der Waals surface area contributed by atoms with E-state index in [1.165, 1.54) is 21.3 Å². The molecule has 0 aliphatic heterocycles. The number of hydrogen-bond donors (Lipinski definition) is 1. The topological polar surface area (TPSA) is 82.1 Å². The summed E-state index contributed by atoms with van der Waals surface area (Å²) >= 11 is 0. The third kappa shape index (κ3) is 4.15. The van der Waals surface area contributed by atoms with Gasteiger partial charge in [-0.25, -0.2) is 0 Å². The number of carbonyl (C=O) groups is 2. The number of rotatable bonds is 7. The van der Waals surface area contributed by atoms with E-state index in [2.05, 4.69) is 4.74 Å². The van der Waals surface area contributed by atoms with Crippen molar-refractivity contribution in [3.05, 3.63) is 23.8 Å². The Morgan fingerprint density at radius 3 is 2.30 bits per heavy atom. The molecule has 1 aromatic rings. The fraction of sp³-hybridized carbons (Fsp3) is 0.429. The molecule has 0 aliphatic rings. The summed E-state index contributed by atoms with van der Waals surface area (Å²) in [6, 6.07) is 5.19. The molecule has 0 aromatic heterocycles. The van der Waals surface area contributed by atoms with Gasteiger partial charge in [-0.3, -0.25) is 9.59 Å². The SMILES string of the molecule is COC(=O)C(CC(=O)O)Cc1ccc(OC)c(OC)c1. The highest BCUT2D eigenvalue weighted by molar-refractivity contribution is 5.79. The fourth-order valence-electron chi connectivity index (χ4n) is 1.91. The van der Waals surface area contributed by atoms with Crippen LogP contribution in [0.5, 0.6) is 11.5 Å². The summed E-state index contributed by atoms with van der Waals surface area (Å²) in [7, 11) is 4.28. The Morgan fingerprint density at radius 1 is 1.15 bits per heavy atom. The number of benzene rings is 1. The van der Waals surface area contributed by atoms with Crippen LogP contribution in [-0.4, -0.2) is 38.4 Å². The molecule has 0 aliphatic carbocycles. The van der Waals surface area contributed by atoms with Gasteiger partial charge in [-0.1, -0.05) is 6.07 Å². The molecule has 6 heteroatoms. The van der Waals surface area contributed by atoms with Crippen LogP contribution in [0.4, 0.5) is 0 Å². The first-order valence-corrected chi connectivity index (χ1v) is 6.02. The van der Waals surface area contributed by atoms with Crippen LogP contribution in [0.1, 0.15) is 12.0 Å². The van der Waals surface area contributed by atoms with E-state index < -0.39 is 17.9 Å². The van der Waals surface area contributed by atoms with Crippen molar-refractivity contribution in [2.75, 3.05) is 21.3 Å². The van der Waals surface area contributed by atoms with Crippen LogP contribution in [0.2, 0.25) is 0 Å². The lowest BCUT2D eigenvalue weighted by atomic mass is 9.96. The van der Waals surface area contributed by atoms with E-state index in [9.17, 15) is 9.59 Å². The maximum atomic E-state index is 11.6. The van der Waals surface area contributed by atoms with E-state index >= 15 is 0 Å². The standard InChI is InChI=1S/C14H18O6/c1-18-11-5-4-9(7-12(11)19-2)6-10(8-13(15)16)14(17)20-3/h4-5,7,10H,6,8H2,1-3H3,(H,15,16). The molecule has 0 saturated heterocycles. The molecule has 0 radical (unpaired) electrons. The van der Waals surface area contributed by atoms with Crippen molar-refractivity contribution in [1.82, 2.24) is 0 Å². The molecule has 1 unspecified atom stereocenters. The molecule has 0 amide bonds. The van der Waals surface area contributed by atoms with E-state index in [4.69, 9.17) is 14.6 Å². The lowest BCUT2D eigenvalue weighted by Gasteiger charge is -2.14. The highest BCUT2D eigenvalue weighted by Gasteiger charge is 2.23. The zero-order valence-corrected chi connectivity index (χ0v) is 11.7. The van der Waals surface area contributed by atoms with E-state index in [1.807, 2.05) is 0 Å². The van der Waals surface area contributed by atoms with Crippen LogP contribution in [0, 0.1) is 5.92 Å². The molecule has 0 fully saturated rings. The van der Waals surface area contributed by atoms with Gasteiger partial charge in [-0.05, 0) is 24.1 Å². The molecule has 1 N–H and O–H groups in total. The molecule has 1 rings (SSSR count). The van der Waals surface area contributed by atoms with Crippen molar-refractivity contribution < 1.29 is 28.9 Å². The van der Waals surface area contributed by atoms with Gasteiger partial charge in [0, 0.05) is 0 Å². The lowest BCUT2D eigenvalue weighted by Crippen LogP contribution is -2.22. The van der Waals surface area contributed by atoms with Crippen LogP contribution < -0.4 is 9.47 Å². The quantitative estimate of drug-likeness (QED) is 0.763. The number of methoxy groups -OCH3 is 3. The largest absolute Gasteiger partial charge is 0.493 e. The van der Waals surface area contributed by atoms with Crippen LogP contribution in [0.25, 0.3) is 0 Å². The summed E-state index contributed by atoms with van der Waals surface area (Å²) in [4.78, 5) is 22.4. The van der Waals surface area contributed by atoms with Crippen LogP contribution >= 0.6 is 0 Å². The highest BCUT2D eigenvalue weighted by Crippen LogP contribution is 2.29. The van der Waals surface area contributed by atoms with Crippen molar-refractivity contribution in [3.8, 4) is 11.5 Å². The van der Waals surface area contributed by atoms with Gasteiger partial charge in [-0.2, -0.15) is 0 Å². The predicted molar refractivity (Wildman–Crippen MR) is 71.0 cm³/mol. The molecule has 1 atom stereocenters. The van der Waals surface area contributed by atoms with Crippen molar-refractivity contribution in [2.45, 2.75) is 12.8 Å². The lowest BCUT2D eigenvalue weighted by molar-refractivity contribution is -0.150. The Hall–Kier alpha value is -2.24. The van der Waals surface area contributed by atoms with Gasteiger partial charge in [-0.15, -0.1) is 0 Å². The monoisotopic (exact) mass is 282 g/mol. The van der Waals surface area contributed by atoms with Gasteiger partial charge in [0.15, 0.2) is 11.5 Å². The van der Waals surface area contributed by atoms with Gasteiger partial charge in [0.05, 0.1) is 33.7 Å². The average molecular weight is 282 g/mol. The number of esters is 1. The Labute approximate surface area is 117 Å². The molecule has 0 bridgehead atoms. The number of carboxylic acids is 1. The summed E-state index contributed by atoms with van der Waals surface area (Å²) in [5.41, 5.74) is 0.777. The van der Waals surface area contributed by atoms with Gasteiger partial charge < -0.3 is 19.3 Å². The van der Waals surface area contributed by atoms with Gasteiger partial charge in [0.2, 0.25) is 0 Å².